The zero-order valence-electron chi connectivity index (χ0n) is 11.3. The van der Waals surface area contributed by atoms with E-state index in [1.165, 1.54) is 5.56 Å². The second kappa shape index (κ2) is 6.96. The predicted octanol–water partition coefficient (Wildman–Crippen LogP) is 4.22. The highest BCUT2D eigenvalue weighted by Gasteiger charge is 2.01. The van der Waals surface area contributed by atoms with Crippen molar-refractivity contribution < 1.29 is 4.79 Å². The number of urea groups is 1. The Bertz CT molecular complexity index is 564. The fourth-order valence-electron chi connectivity index (χ4n) is 1.78. The Morgan fingerprint density at radius 2 is 1.60 bits per heavy atom. The van der Waals surface area contributed by atoms with E-state index in [1.807, 2.05) is 36.4 Å². The molecule has 0 saturated heterocycles. The summed E-state index contributed by atoms with van der Waals surface area (Å²) < 4.78 is 0. The van der Waals surface area contributed by atoms with E-state index in [9.17, 15) is 4.79 Å². The number of aryl methyl sites for hydroxylation is 1. The van der Waals surface area contributed by atoms with Crippen LogP contribution in [0.15, 0.2) is 48.5 Å². The van der Waals surface area contributed by atoms with Crippen molar-refractivity contribution in [2.75, 3.05) is 5.32 Å². The van der Waals surface area contributed by atoms with E-state index in [4.69, 9.17) is 11.6 Å². The Kier molecular flexibility index (Phi) is 5.02. The van der Waals surface area contributed by atoms with Crippen LogP contribution in [0.2, 0.25) is 5.02 Å². The molecule has 0 radical (unpaired) electrons. The first-order valence-electron chi connectivity index (χ1n) is 6.55. The first-order chi connectivity index (χ1) is 9.67. The monoisotopic (exact) mass is 288 g/mol. The molecule has 20 heavy (non-hydrogen) atoms. The van der Waals surface area contributed by atoms with Gasteiger partial charge in [0.25, 0.3) is 0 Å². The number of amides is 2. The fourth-order valence-corrected chi connectivity index (χ4v) is 1.91. The van der Waals surface area contributed by atoms with Crippen LogP contribution in [0.1, 0.15) is 18.1 Å². The topological polar surface area (TPSA) is 41.1 Å². The van der Waals surface area contributed by atoms with Gasteiger partial charge in [0, 0.05) is 17.3 Å². The van der Waals surface area contributed by atoms with E-state index < -0.39 is 0 Å². The first-order valence-corrected chi connectivity index (χ1v) is 6.93. The molecule has 2 N–H and O–H groups in total. The Labute approximate surface area is 124 Å². The lowest BCUT2D eigenvalue weighted by molar-refractivity contribution is 0.251. The molecular weight excluding hydrogens is 272 g/mol. The summed E-state index contributed by atoms with van der Waals surface area (Å²) in [7, 11) is 0. The number of carbonyl (C=O) groups is 1. The minimum Gasteiger partial charge on any atom is -0.334 e. The largest absolute Gasteiger partial charge is 0.334 e. The van der Waals surface area contributed by atoms with Crippen LogP contribution in [0.3, 0.4) is 0 Å². The van der Waals surface area contributed by atoms with Crippen LogP contribution in [-0.2, 0) is 13.0 Å². The molecule has 0 heterocycles. The smallest absolute Gasteiger partial charge is 0.319 e. The van der Waals surface area contributed by atoms with Crippen molar-refractivity contribution in [2.24, 2.45) is 0 Å². The minimum atomic E-state index is -0.218. The molecular formula is C16H17ClN2O. The summed E-state index contributed by atoms with van der Waals surface area (Å²) in [6.07, 6.45) is 0.989. The quantitative estimate of drug-likeness (QED) is 0.869. The van der Waals surface area contributed by atoms with Gasteiger partial charge in [-0.3, -0.25) is 0 Å². The Morgan fingerprint density at radius 3 is 2.20 bits per heavy atom. The third-order valence-electron chi connectivity index (χ3n) is 2.99. The van der Waals surface area contributed by atoms with Crippen LogP contribution in [0, 0.1) is 0 Å². The van der Waals surface area contributed by atoms with Gasteiger partial charge < -0.3 is 10.6 Å². The number of carbonyl (C=O) groups excluding carboxylic acids is 1. The van der Waals surface area contributed by atoms with Gasteiger partial charge in [-0.15, -0.1) is 0 Å². The van der Waals surface area contributed by atoms with E-state index in [0.717, 1.165) is 17.7 Å². The summed E-state index contributed by atoms with van der Waals surface area (Å²) in [5.74, 6) is 0. The molecule has 0 aliphatic carbocycles. The first kappa shape index (κ1) is 14.4. The van der Waals surface area contributed by atoms with Gasteiger partial charge >= 0.3 is 6.03 Å². The normalized spacial score (nSPS) is 10.1. The van der Waals surface area contributed by atoms with Crippen LogP contribution in [0.5, 0.6) is 0 Å². The summed E-state index contributed by atoms with van der Waals surface area (Å²) in [6, 6.07) is 15.0. The fraction of sp³-hybridized carbons (Fsp3) is 0.188. The SMILES string of the molecule is CCc1ccc(NC(=O)NCc2ccc(Cl)cc2)cc1. The molecule has 4 heteroatoms. The lowest BCUT2D eigenvalue weighted by Crippen LogP contribution is -2.28. The molecule has 0 fully saturated rings. The van der Waals surface area contributed by atoms with Gasteiger partial charge in [-0.1, -0.05) is 42.8 Å². The van der Waals surface area contributed by atoms with E-state index in [-0.39, 0.29) is 6.03 Å². The minimum absolute atomic E-state index is 0.218. The van der Waals surface area contributed by atoms with Crippen molar-refractivity contribution in [3.05, 3.63) is 64.7 Å². The van der Waals surface area contributed by atoms with Crippen LogP contribution < -0.4 is 10.6 Å². The number of rotatable bonds is 4. The number of hydrogen-bond donors (Lipinski definition) is 2. The zero-order chi connectivity index (χ0) is 14.4. The average molecular weight is 289 g/mol. The van der Waals surface area contributed by atoms with Gasteiger partial charge in [0.05, 0.1) is 0 Å². The molecule has 2 amide bonds. The van der Waals surface area contributed by atoms with Gasteiger partial charge in [-0.25, -0.2) is 4.79 Å². The Hall–Kier alpha value is -2.00. The van der Waals surface area contributed by atoms with Gasteiger partial charge in [0.1, 0.15) is 0 Å². The van der Waals surface area contributed by atoms with Gasteiger partial charge in [0.2, 0.25) is 0 Å². The molecule has 0 atom stereocenters. The van der Waals surface area contributed by atoms with E-state index >= 15 is 0 Å². The third kappa shape index (κ3) is 4.28. The van der Waals surface area contributed by atoms with Crippen LogP contribution in [-0.4, -0.2) is 6.03 Å². The lowest BCUT2D eigenvalue weighted by atomic mass is 10.1. The van der Waals surface area contributed by atoms with Gasteiger partial charge in [0.15, 0.2) is 0 Å². The van der Waals surface area contributed by atoms with Crippen molar-refractivity contribution >= 4 is 23.3 Å². The number of hydrogen-bond acceptors (Lipinski definition) is 1. The summed E-state index contributed by atoms with van der Waals surface area (Å²) in [6.45, 7) is 2.57. The molecule has 104 valence electrons. The highest BCUT2D eigenvalue weighted by molar-refractivity contribution is 6.30. The van der Waals surface area contributed by atoms with Crippen LogP contribution >= 0.6 is 11.6 Å². The lowest BCUT2D eigenvalue weighted by Gasteiger charge is -2.08. The maximum Gasteiger partial charge on any atom is 0.319 e. The summed E-state index contributed by atoms with van der Waals surface area (Å²) in [5.41, 5.74) is 3.04. The highest BCUT2D eigenvalue weighted by atomic mass is 35.5. The van der Waals surface area contributed by atoms with Crippen LogP contribution in [0.4, 0.5) is 10.5 Å². The van der Waals surface area contributed by atoms with E-state index in [1.54, 1.807) is 12.1 Å². The molecule has 0 spiro atoms. The molecule has 0 aliphatic rings. The molecule has 2 aromatic rings. The summed E-state index contributed by atoms with van der Waals surface area (Å²) in [4.78, 5) is 11.8. The van der Waals surface area contributed by atoms with Gasteiger partial charge in [-0.05, 0) is 41.8 Å². The maximum absolute atomic E-state index is 11.8. The number of nitrogens with one attached hydrogen (secondary N) is 2. The molecule has 0 saturated carbocycles. The molecule has 2 rings (SSSR count). The number of halogens is 1. The second-order valence-corrected chi connectivity index (χ2v) is 4.92. The van der Waals surface area contributed by atoms with E-state index in [2.05, 4.69) is 17.6 Å². The van der Waals surface area contributed by atoms with Crippen molar-refractivity contribution in [3.63, 3.8) is 0 Å². The zero-order valence-corrected chi connectivity index (χ0v) is 12.1. The van der Waals surface area contributed by atoms with Crippen LogP contribution in [0.25, 0.3) is 0 Å². The second-order valence-electron chi connectivity index (χ2n) is 4.48. The van der Waals surface area contributed by atoms with Crippen molar-refractivity contribution in [1.82, 2.24) is 5.32 Å². The van der Waals surface area contributed by atoms with Crippen molar-refractivity contribution in [1.29, 1.82) is 0 Å². The predicted molar refractivity (Wildman–Crippen MR) is 83.1 cm³/mol. The van der Waals surface area contributed by atoms with E-state index in [0.29, 0.717) is 11.6 Å². The molecule has 0 aromatic heterocycles. The molecule has 0 bridgehead atoms. The third-order valence-corrected chi connectivity index (χ3v) is 3.24. The van der Waals surface area contributed by atoms with Crippen molar-refractivity contribution in [3.8, 4) is 0 Å². The Morgan fingerprint density at radius 1 is 1.00 bits per heavy atom. The number of anilines is 1. The summed E-state index contributed by atoms with van der Waals surface area (Å²) in [5, 5.41) is 6.29. The highest BCUT2D eigenvalue weighted by Crippen LogP contribution is 2.11. The molecule has 0 aliphatic heterocycles. The summed E-state index contributed by atoms with van der Waals surface area (Å²) >= 11 is 5.81. The molecule has 0 unspecified atom stereocenters. The maximum atomic E-state index is 11.8. The standard InChI is InChI=1S/C16H17ClN2O/c1-2-12-5-9-15(10-6-12)19-16(20)18-11-13-3-7-14(17)8-4-13/h3-10H,2,11H2,1H3,(H2,18,19,20). The molecule has 3 nitrogen and oxygen atoms in total. The molecule has 2 aromatic carbocycles. The average Bonchev–Trinajstić information content (AvgIpc) is 2.47. The van der Waals surface area contributed by atoms with Crippen molar-refractivity contribution in [2.45, 2.75) is 19.9 Å². The number of benzene rings is 2. The Balaban J connectivity index is 1.84. The van der Waals surface area contributed by atoms with Gasteiger partial charge in [-0.2, -0.15) is 0 Å².